The fraction of sp³-hybridized carbons (Fsp3) is 0.769. The topological polar surface area (TPSA) is 58.6 Å². The zero-order valence-corrected chi connectivity index (χ0v) is 31.7. The Kier molecular flexibility index (Phi) is 14.8. The molecular formula is C26H54BrNO6Si4. The average molecular weight is 669 g/mol. The second kappa shape index (κ2) is 15.7. The van der Waals surface area contributed by atoms with Crippen LogP contribution in [0.3, 0.4) is 0 Å². The number of anilines is 1. The van der Waals surface area contributed by atoms with E-state index in [4.69, 9.17) is 27.8 Å². The van der Waals surface area contributed by atoms with Crippen molar-refractivity contribution in [1.29, 1.82) is 0 Å². The summed E-state index contributed by atoms with van der Waals surface area (Å²) in [7, 11) is -6.41. The van der Waals surface area contributed by atoms with Crippen LogP contribution in [0.2, 0.25) is 78.6 Å². The third-order valence-corrected chi connectivity index (χ3v) is 15.0. The zero-order valence-electron chi connectivity index (χ0n) is 26.1. The molecule has 0 aliphatic heterocycles. The average Bonchev–Trinajstić information content (AvgIpc) is 2.71. The zero-order chi connectivity index (χ0) is 29.2. The second-order valence-electron chi connectivity index (χ2n) is 13.3. The van der Waals surface area contributed by atoms with E-state index in [-0.39, 0.29) is 0 Å². The van der Waals surface area contributed by atoms with Crippen LogP contribution in [-0.2, 0) is 18.3 Å². The summed E-state index contributed by atoms with van der Waals surface area (Å²) in [6, 6.07) is 4.17. The smallest absolute Gasteiger partial charge is 0.183 e. The minimum Gasteiger partial charge on any atom is -0.490 e. The van der Waals surface area contributed by atoms with Crippen molar-refractivity contribution in [2.45, 2.75) is 78.6 Å². The van der Waals surface area contributed by atoms with Crippen LogP contribution in [-0.4, -0.2) is 86.0 Å². The van der Waals surface area contributed by atoms with Crippen molar-refractivity contribution in [3.63, 3.8) is 0 Å². The fourth-order valence-electron chi connectivity index (χ4n) is 4.09. The molecule has 1 aromatic rings. The van der Waals surface area contributed by atoms with Crippen molar-refractivity contribution in [3.05, 3.63) is 16.6 Å². The molecule has 0 bridgehead atoms. The molecule has 0 aliphatic carbocycles. The van der Waals surface area contributed by atoms with Crippen LogP contribution in [0.25, 0.3) is 0 Å². The van der Waals surface area contributed by atoms with Gasteiger partial charge >= 0.3 is 0 Å². The van der Waals surface area contributed by atoms with Gasteiger partial charge in [0.2, 0.25) is 0 Å². The van der Waals surface area contributed by atoms with Crippen molar-refractivity contribution in [2.24, 2.45) is 0 Å². The van der Waals surface area contributed by atoms with E-state index in [1.54, 1.807) is 0 Å². The van der Waals surface area contributed by atoms with E-state index < -0.39 is 33.1 Å². The van der Waals surface area contributed by atoms with Gasteiger partial charge in [-0.05, 0) is 61.3 Å². The molecule has 0 N–H and O–H groups in total. The Hall–Kier alpha value is -0.192. The molecule has 0 atom stereocenters. The largest absolute Gasteiger partial charge is 0.490 e. The summed E-state index contributed by atoms with van der Waals surface area (Å²) < 4.78 is 39.2. The highest BCUT2D eigenvalue weighted by Gasteiger charge is 2.36. The van der Waals surface area contributed by atoms with E-state index >= 15 is 0 Å². The number of hydrogen-bond donors (Lipinski definition) is 0. The van der Waals surface area contributed by atoms with E-state index in [0.29, 0.717) is 52.9 Å². The van der Waals surface area contributed by atoms with E-state index in [1.807, 2.05) is 6.07 Å². The molecule has 0 saturated heterocycles. The van der Waals surface area contributed by atoms with Gasteiger partial charge in [0, 0.05) is 6.07 Å². The van der Waals surface area contributed by atoms with E-state index in [1.165, 1.54) is 0 Å². The third kappa shape index (κ3) is 15.0. The van der Waals surface area contributed by atoms with Gasteiger partial charge < -0.3 is 32.0 Å². The van der Waals surface area contributed by atoms with Gasteiger partial charge in [-0.3, -0.25) is 0 Å². The quantitative estimate of drug-likeness (QED) is 0.112. The molecule has 0 radical (unpaired) electrons. The molecule has 0 fully saturated rings. The van der Waals surface area contributed by atoms with Gasteiger partial charge in [0.05, 0.1) is 49.8 Å². The molecular weight excluding hydrogens is 615 g/mol. The molecule has 0 heterocycles. The first kappa shape index (κ1) is 35.8. The SMILES string of the molecule is C[Si](C)(C)OCCOCCOc1cc(OCCOCCO[Si](C)(C)C)c(N([Si](C)(C)C)[Si](C)(C)C)cc1Br. The lowest BCUT2D eigenvalue weighted by molar-refractivity contribution is 0.0731. The molecule has 0 aliphatic rings. The summed E-state index contributed by atoms with van der Waals surface area (Å²) in [5, 5.41) is 0. The van der Waals surface area contributed by atoms with Gasteiger partial charge in [-0.15, -0.1) is 0 Å². The predicted molar refractivity (Wildman–Crippen MR) is 175 cm³/mol. The standard InChI is InChI=1S/C26H54BrNO6Si4/c1-35(2,3)28(36(4,5)6)24-21-23(27)25(31-17-13-29-15-19-33-37(7,8)9)22-26(24)32-18-14-30-16-20-34-38(10,11)12/h21-22H,13-20H2,1-12H3. The molecule has 1 aromatic carbocycles. The number of ether oxygens (including phenoxy) is 4. The molecule has 12 heteroatoms. The maximum atomic E-state index is 6.34. The Morgan fingerprint density at radius 3 is 1.34 bits per heavy atom. The number of nitrogens with zero attached hydrogens (tertiary/aromatic N) is 1. The van der Waals surface area contributed by atoms with Gasteiger partial charge in [0.25, 0.3) is 0 Å². The Labute approximate surface area is 245 Å². The molecule has 0 amide bonds. The van der Waals surface area contributed by atoms with Crippen molar-refractivity contribution in [3.8, 4) is 11.5 Å². The Morgan fingerprint density at radius 1 is 0.553 bits per heavy atom. The molecule has 0 unspecified atom stereocenters. The molecule has 0 aromatic heterocycles. The Bertz CT molecular complexity index is 821. The first-order valence-corrected chi connectivity index (χ1v) is 28.1. The number of hydrogen-bond acceptors (Lipinski definition) is 7. The lowest BCUT2D eigenvalue weighted by Gasteiger charge is -2.46. The highest BCUT2D eigenvalue weighted by atomic mass is 79.9. The summed E-state index contributed by atoms with van der Waals surface area (Å²) in [4.78, 5) is 0. The maximum Gasteiger partial charge on any atom is 0.183 e. The predicted octanol–water partition coefficient (Wildman–Crippen LogP) is 7.42. The lowest BCUT2D eigenvalue weighted by atomic mass is 10.3. The summed E-state index contributed by atoms with van der Waals surface area (Å²) in [6.07, 6.45) is 0. The minimum atomic E-state index is -1.69. The van der Waals surface area contributed by atoms with E-state index in [2.05, 4.69) is 105 Å². The van der Waals surface area contributed by atoms with Crippen molar-refractivity contribution >= 4 is 54.7 Å². The number of rotatable bonds is 19. The van der Waals surface area contributed by atoms with Crippen LogP contribution in [0.5, 0.6) is 11.5 Å². The Balaban J connectivity index is 2.90. The first-order valence-electron chi connectivity index (χ1n) is 13.6. The molecule has 38 heavy (non-hydrogen) atoms. The van der Waals surface area contributed by atoms with Gasteiger partial charge in [-0.2, -0.15) is 0 Å². The van der Waals surface area contributed by atoms with Gasteiger partial charge in [-0.1, -0.05) is 39.3 Å². The second-order valence-corrected chi connectivity index (χ2v) is 33.2. The monoisotopic (exact) mass is 667 g/mol. The Morgan fingerprint density at radius 2 is 0.947 bits per heavy atom. The van der Waals surface area contributed by atoms with Crippen LogP contribution >= 0.6 is 15.9 Å². The summed E-state index contributed by atoms with van der Waals surface area (Å²) in [6.45, 7) is 31.7. The molecule has 0 saturated carbocycles. The number of benzene rings is 1. The van der Waals surface area contributed by atoms with E-state index in [0.717, 1.165) is 21.7 Å². The molecule has 222 valence electrons. The van der Waals surface area contributed by atoms with Gasteiger partial charge in [0.15, 0.2) is 16.6 Å². The van der Waals surface area contributed by atoms with Crippen LogP contribution in [0.4, 0.5) is 5.69 Å². The molecule has 0 spiro atoms. The fourth-order valence-corrected chi connectivity index (χ4v) is 15.8. The van der Waals surface area contributed by atoms with Crippen molar-refractivity contribution in [1.82, 2.24) is 0 Å². The molecule has 7 nitrogen and oxygen atoms in total. The summed E-state index contributed by atoms with van der Waals surface area (Å²) in [5.74, 6) is 1.58. The van der Waals surface area contributed by atoms with Crippen LogP contribution in [0.1, 0.15) is 0 Å². The van der Waals surface area contributed by atoms with E-state index in [9.17, 15) is 0 Å². The highest BCUT2D eigenvalue weighted by Crippen LogP contribution is 2.42. The van der Waals surface area contributed by atoms with Crippen LogP contribution in [0.15, 0.2) is 16.6 Å². The van der Waals surface area contributed by atoms with Crippen molar-refractivity contribution < 1.29 is 27.8 Å². The number of halogens is 1. The lowest BCUT2D eigenvalue weighted by Crippen LogP contribution is -2.59. The maximum absolute atomic E-state index is 6.34. The normalized spacial score (nSPS) is 13.1. The first-order chi connectivity index (χ1) is 17.3. The van der Waals surface area contributed by atoms with Crippen LogP contribution < -0.4 is 13.7 Å². The van der Waals surface area contributed by atoms with Gasteiger partial charge in [0.1, 0.15) is 41.2 Å². The highest BCUT2D eigenvalue weighted by molar-refractivity contribution is 9.10. The molecule has 1 rings (SSSR count). The third-order valence-electron chi connectivity index (χ3n) is 5.09. The minimum absolute atomic E-state index is 0.455. The van der Waals surface area contributed by atoms with Crippen LogP contribution in [0, 0.1) is 0 Å². The summed E-state index contributed by atoms with van der Waals surface area (Å²) in [5.41, 5.74) is 1.13. The van der Waals surface area contributed by atoms with Gasteiger partial charge in [-0.25, -0.2) is 0 Å². The van der Waals surface area contributed by atoms with Crippen molar-refractivity contribution in [2.75, 3.05) is 57.1 Å². The summed E-state index contributed by atoms with van der Waals surface area (Å²) >= 11 is 3.76.